The molecule has 1 atom stereocenters. The van der Waals surface area contributed by atoms with Crippen molar-refractivity contribution >= 4 is 39.6 Å². The summed E-state index contributed by atoms with van der Waals surface area (Å²) in [5, 5.41) is 17.7. The van der Waals surface area contributed by atoms with E-state index in [-0.39, 0.29) is 23.8 Å². The van der Waals surface area contributed by atoms with Gasteiger partial charge in [-0.25, -0.2) is 9.78 Å². The molecule has 0 spiro atoms. The molecule has 2 aromatic carbocycles. The normalized spacial score (nSPS) is 12.1. The molecule has 0 unspecified atom stereocenters. The number of hydrogen-bond donors (Lipinski definition) is 3. The molecular weight excluding hydrogens is 434 g/mol. The molecule has 3 N–H and O–H groups in total. The highest BCUT2D eigenvalue weighted by Crippen LogP contribution is 2.25. The molecule has 4 rings (SSSR count). The minimum Gasteiger partial charge on any atom is -0.480 e. The van der Waals surface area contributed by atoms with Crippen LogP contribution in [0.15, 0.2) is 64.6 Å². The van der Waals surface area contributed by atoms with Gasteiger partial charge in [0.2, 0.25) is 0 Å². The summed E-state index contributed by atoms with van der Waals surface area (Å²) in [4.78, 5) is 46.2. The molecule has 34 heavy (non-hydrogen) atoms. The van der Waals surface area contributed by atoms with Crippen molar-refractivity contribution in [3.8, 4) is 0 Å². The van der Waals surface area contributed by atoms with Gasteiger partial charge < -0.3 is 20.6 Å². The first-order valence-electron chi connectivity index (χ1n) is 10.9. The van der Waals surface area contributed by atoms with E-state index in [1.54, 1.807) is 30.5 Å². The number of fused-ring (bicyclic) bond motifs is 1. The van der Waals surface area contributed by atoms with Crippen LogP contribution in [0.25, 0.3) is 10.8 Å². The zero-order chi connectivity index (χ0) is 24.4. The summed E-state index contributed by atoms with van der Waals surface area (Å²) in [5.74, 6) is -0.415. The molecule has 0 aliphatic carbocycles. The number of hydrogen-bond acceptors (Lipinski definition) is 8. The van der Waals surface area contributed by atoms with Crippen LogP contribution in [-0.4, -0.2) is 40.2 Å². The highest BCUT2D eigenvalue weighted by molar-refractivity contribution is 5.92. The van der Waals surface area contributed by atoms with Crippen LogP contribution >= 0.6 is 0 Å². The monoisotopic (exact) mass is 459 g/mol. The first-order chi connectivity index (χ1) is 16.3. The molecule has 0 amide bonds. The van der Waals surface area contributed by atoms with E-state index in [2.05, 4.69) is 20.6 Å². The predicted molar refractivity (Wildman–Crippen MR) is 133 cm³/mol. The Morgan fingerprint density at radius 2 is 1.79 bits per heavy atom. The van der Waals surface area contributed by atoms with Crippen LogP contribution in [-0.2, 0) is 11.2 Å². The van der Waals surface area contributed by atoms with Crippen LogP contribution in [0.2, 0.25) is 0 Å². The van der Waals surface area contributed by atoms with E-state index in [9.17, 15) is 19.5 Å². The Hall–Kier alpha value is -4.27. The molecule has 0 bridgehead atoms. The van der Waals surface area contributed by atoms with Crippen molar-refractivity contribution < 1.29 is 9.90 Å². The zero-order valence-electron chi connectivity index (χ0n) is 19.1. The van der Waals surface area contributed by atoms with E-state index in [0.717, 1.165) is 22.0 Å². The Labute approximate surface area is 195 Å². The summed E-state index contributed by atoms with van der Waals surface area (Å²) in [7, 11) is 1.70. The fraction of sp³-hybridized carbons (Fsp3) is 0.240. The molecule has 9 heteroatoms. The Morgan fingerprint density at radius 3 is 2.47 bits per heavy atom. The standard InChI is InChI=1S/C25H25N5O4/c1-14(2)30(3)21-20(22(31)23(21)32)29-19(25(33)34)12-15-4-6-17(7-5-15)28-24-18-9-10-26-13-16(18)8-11-27-24/h4-11,13-14,19,29H,12H2,1-3H3,(H,27,28)(H,33,34)/t19-/m0/s1. The molecule has 4 aromatic rings. The summed E-state index contributed by atoms with van der Waals surface area (Å²) < 4.78 is 0. The lowest BCUT2D eigenvalue weighted by atomic mass is 10.0. The number of aliphatic carboxylic acids is 1. The third kappa shape index (κ3) is 4.45. The lowest BCUT2D eigenvalue weighted by molar-refractivity contribution is -0.137. The van der Waals surface area contributed by atoms with Gasteiger partial charge >= 0.3 is 5.97 Å². The van der Waals surface area contributed by atoms with Crippen LogP contribution in [0.1, 0.15) is 19.4 Å². The molecule has 0 aliphatic rings. The fourth-order valence-corrected chi connectivity index (χ4v) is 3.70. The van der Waals surface area contributed by atoms with Crippen molar-refractivity contribution in [1.82, 2.24) is 9.97 Å². The number of carboxylic acid groups (broad SMARTS) is 1. The smallest absolute Gasteiger partial charge is 0.326 e. The molecule has 0 saturated heterocycles. The summed E-state index contributed by atoms with van der Waals surface area (Å²) in [6, 6.07) is 10.0. The van der Waals surface area contributed by atoms with Gasteiger partial charge in [-0.1, -0.05) is 12.1 Å². The summed E-state index contributed by atoms with van der Waals surface area (Å²) in [5.41, 5.74) is 0.552. The van der Waals surface area contributed by atoms with Gasteiger partial charge in [-0.05, 0) is 43.7 Å². The molecule has 0 radical (unpaired) electrons. The topological polar surface area (TPSA) is 125 Å². The second kappa shape index (κ2) is 9.30. The van der Waals surface area contributed by atoms with E-state index in [0.29, 0.717) is 5.82 Å². The lowest BCUT2D eigenvalue weighted by Gasteiger charge is -2.28. The molecular formula is C25H25N5O4. The largest absolute Gasteiger partial charge is 0.480 e. The van der Waals surface area contributed by atoms with Gasteiger partial charge in [0.25, 0.3) is 10.9 Å². The Kier molecular flexibility index (Phi) is 6.27. The highest BCUT2D eigenvalue weighted by atomic mass is 16.4. The molecule has 0 saturated carbocycles. The van der Waals surface area contributed by atoms with Crippen molar-refractivity contribution in [2.75, 3.05) is 22.6 Å². The number of rotatable bonds is 9. The van der Waals surface area contributed by atoms with Crippen molar-refractivity contribution in [3.63, 3.8) is 0 Å². The van der Waals surface area contributed by atoms with Gasteiger partial charge in [0.1, 0.15) is 23.2 Å². The minimum atomic E-state index is -1.11. The van der Waals surface area contributed by atoms with E-state index in [4.69, 9.17) is 0 Å². The van der Waals surface area contributed by atoms with Gasteiger partial charge in [-0.2, -0.15) is 0 Å². The quantitative estimate of drug-likeness (QED) is 0.324. The van der Waals surface area contributed by atoms with Crippen molar-refractivity contribution in [3.05, 3.63) is 81.0 Å². The Balaban J connectivity index is 1.50. The first-order valence-corrected chi connectivity index (χ1v) is 10.9. The molecule has 174 valence electrons. The van der Waals surface area contributed by atoms with Gasteiger partial charge in [-0.3, -0.25) is 14.6 Å². The van der Waals surface area contributed by atoms with Gasteiger partial charge in [-0.15, -0.1) is 0 Å². The Bertz CT molecular complexity index is 1400. The fourth-order valence-electron chi connectivity index (χ4n) is 3.70. The van der Waals surface area contributed by atoms with E-state index in [1.165, 1.54) is 0 Å². The SMILES string of the molecule is CC(C)N(C)c1c(N[C@@H](Cc2ccc(Nc3nccc4cnccc34)cc2)C(=O)O)c(=O)c1=O. The van der Waals surface area contributed by atoms with Crippen molar-refractivity contribution in [2.24, 2.45) is 0 Å². The minimum absolute atomic E-state index is 0.0142. The number of benzene rings is 1. The van der Waals surface area contributed by atoms with Gasteiger partial charge in [0.05, 0.1) is 0 Å². The number of aromatic nitrogens is 2. The average Bonchev–Trinajstić information content (AvgIpc) is 2.83. The Morgan fingerprint density at radius 1 is 1.06 bits per heavy atom. The van der Waals surface area contributed by atoms with Crippen LogP contribution in [0.3, 0.4) is 0 Å². The molecule has 0 fully saturated rings. The third-order valence-corrected chi connectivity index (χ3v) is 5.85. The first kappa shape index (κ1) is 22.9. The zero-order valence-corrected chi connectivity index (χ0v) is 19.1. The van der Waals surface area contributed by atoms with Crippen molar-refractivity contribution in [1.29, 1.82) is 0 Å². The maximum Gasteiger partial charge on any atom is 0.326 e. The maximum absolute atomic E-state index is 12.1. The summed E-state index contributed by atoms with van der Waals surface area (Å²) >= 11 is 0. The predicted octanol–water partition coefficient (Wildman–Crippen LogP) is 2.92. The summed E-state index contributed by atoms with van der Waals surface area (Å²) in [6.45, 7) is 3.77. The van der Waals surface area contributed by atoms with Crippen LogP contribution < -0.4 is 26.4 Å². The van der Waals surface area contributed by atoms with Crippen LogP contribution in [0, 0.1) is 0 Å². The molecule has 2 heterocycles. The van der Waals surface area contributed by atoms with E-state index >= 15 is 0 Å². The second-order valence-electron chi connectivity index (χ2n) is 8.40. The van der Waals surface area contributed by atoms with E-state index < -0.39 is 22.9 Å². The third-order valence-electron chi connectivity index (χ3n) is 5.85. The highest BCUT2D eigenvalue weighted by Gasteiger charge is 2.29. The number of anilines is 4. The maximum atomic E-state index is 12.1. The van der Waals surface area contributed by atoms with Crippen LogP contribution in [0.5, 0.6) is 0 Å². The lowest BCUT2D eigenvalue weighted by Crippen LogP contribution is -2.46. The number of nitrogens with one attached hydrogen (secondary N) is 2. The summed E-state index contributed by atoms with van der Waals surface area (Å²) in [6.07, 6.45) is 5.31. The van der Waals surface area contributed by atoms with Crippen LogP contribution in [0.4, 0.5) is 22.9 Å². The molecule has 2 aromatic heterocycles. The molecule has 9 nitrogen and oxygen atoms in total. The molecule has 0 aliphatic heterocycles. The second-order valence-corrected chi connectivity index (χ2v) is 8.40. The number of pyridine rings is 2. The average molecular weight is 460 g/mol. The number of nitrogens with zero attached hydrogens (tertiary/aromatic N) is 3. The van der Waals surface area contributed by atoms with Gasteiger partial charge in [0, 0.05) is 54.6 Å². The van der Waals surface area contributed by atoms with E-state index in [1.807, 2.05) is 50.2 Å². The number of carbonyl (C=O) groups is 1. The van der Waals surface area contributed by atoms with Gasteiger partial charge in [0.15, 0.2) is 0 Å². The van der Waals surface area contributed by atoms with Crippen molar-refractivity contribution in [2.45, 2.75) is 32.4 Å². The number of carboxylic acids is 1.